The van der Waals surface area contributed by atoms with Gasteiger partial charge in [-0.1, -0.05) is 6.07 Å². The van der Waals surface area contributed by atoms with E-state index in [1.807, 2.05) is 0 Å². The first-order chi connectivity index (χ1) is 8.79. The van der Waals surface area contributed by atoms with E-state index in [9.17, 15) is 13.2 Å². The molecule has 7 heteroatoms. The SMILES string of the molecule is CC(=O)Nc1ccc(N)c2ccc(S(=O)(=O)O)cc12. The summed E-state index contributed by atoms with van der Waals surface area (Å²) >= 11 is 0. The molecule has 0 saturated carbocycles. The molecule has 100 valence electrons. The zero-order chi connectivity index (χ0) is 14.2. The molecule has 0 radical (unpaired) electrons. The Balaban J connectivity index is 2.77. The fourth-order valence-electron chi connectivity index (χ4n) is 1.81. The van der Waals surface area contributed by atoms with Crippen LogP contribution < -0.4 is 11.1 Å². The first kappa shape index (κ1) is 13.3. The van der Waals surface area contributed by atoms with E-state index in [4.69, 9.17) is 10.3 Å². The van der Waals surface area contributed by atoms with Crippen LogP contribution in [0.25, 0.3) is 10.8 Å². The first-order valence-corrected chi connectivity index (χ1v) is 6.80. The Morgan fingerprint density at radius 3 is 2.47 bits per heavy atom. The molecule has 0 heterocycles. The van der Waals surface area contributed by atoms with Gasteiger partial charge in [0.2, 0.25) is 5.91 Å². The molecule has 0 bridgehead atoms. The molecule has 0 aromatic heterocycles. The molecule has 0 unspecified atom stereocenters. The van der Waals surface area contributed by atoms with Gasteiger partial charge in [-0.15, -0.1) is 0 Å². The topological polar surface area (TPSA) is 109 Å². The molecule has 2 aromatic rings. The smallest absolute Gasteiger partial charge is 0.294 e. The van der Waals surface area contributed by atoms with E-state index in [0.717, 1.165) is 0 Å². The highest BCUT2D eigenvalue weighted by atomic mass is 32.2. The molecule has 19 heavy (non-hydrogen) atoms. The molecule has 0 fully saturated rings. The Bertz CT molecular complexity index is 769. The van der Waals surface area contributed by atoms with Gasteiger partial charge in [-0.05, 0) is 24.3 Å². The van der Waals surface area contributed by atoms with Crippen molar-refractivity contribution in [3.63, 3.8) is 0 Å². The maximum absolute atomic E-state index is 11.1. The van der Waals surface area contributed by atoms with Gasteiger partial charge in [-0.3, -0.25) is 9.35 Å². The second-order valence-electron chi connectivity index (χ2n) is 4.07. The fourth-order valence-corrected chi connectivity index (χ4v) is 2.32. The fraction of sp³-hybridized carbons (Fsp3) is 0.0833. The van der Waals surface area contributed by atoms with Crippen molar-refractivity contribution >= 4 is 38.2 Å². The molecule has 4 N–H and O–H groups in total. The summed E-state index contributed by atoms with van der Waals surface area (Å²) in [7, 11) is -4.31. The number of nitrogens with two attached hydrogens (primary N) is 1. The average molecular weight is 280 g/mol. The van der Waals surface area contributed by atoms with Gasteiger partial charge in [0.25, 0.3) is 10.1 Å². The summed E-state index contributed by atoms with van der Waals surface area (Å²) in [6.07, 6.45) is 0. The Hall–Kier alpha value is -2.12. The molecule has 0 spiro atoms. The number of hydrogen-bond donors (Lipinski definition) is 3. The summed E-state index contributed by atoms with van der Waals surface area (Å²) in [5.74, 6) is -0.289. The van der Waals surface area contributed by atoms with Crippen LogP contribution in [-0.4, -0.2) is 18.9 Å². The zero-order valence-electron chi connectivity index (χ0n) is 10.0. The molecular formula is C12H12N2O4S. The summed E-state index contributed by atoms with van der Waals surface area (Å²) in [6.45, 7) is 1.34. The molecule has 2 rings (SSSR count). The Morgan fingerprint density at radius 1 is 1.21 bits per heavy atom. The van der Waals surface area contributed by atoms with Gasteiger partial charge < -0.3 is 11.1 Å². The zero-order valence-corrected chi connectivity index (χ0v) is 10.9. The minimum atomic E-state index is -4.31. The lowest BCUT2D eigenvalue weighted by Gasteiger charge is -2.10. The summed E-state index contributed by atoms with van der Waals surface area (Å²) in [6, 6.07) is 7.20. The predicted octanol–water partition coefficient (Wildman–Crippen LogP) is 1.63. The van der Waals surface area contributed by atoms with Crippen molar-refractivity contribution in [2.45, 2.75) is 11.8 Å². The summed E-state index contributed by atoms with van der Waals surface area (Å²) in [5, 5.41) is 3.63. The molecule has 0 aliphatic heterocycles. The lowest BCUT2D eigenvalue weighted by atomic mass is 10.1. The lowest BCUT2D eigenvalue weighted by molar-refractivity contribution is -0.114. The predicted molar refractivity (Wildman–Crippen MR) is 72.5 cm³/mol. The van der Waals surface area contributed by atoms with E-state index in [-0.39, 0.29) is 10.8 Å². The average Bonchev–Trinajstić information content (AvgIpc) is 2.31. The number of rotatable bonds is 2. The van der Waals surface area contributed by atoms with E-state index in [1.54, 1.807) is 12.1 Å². The number of amides is 1. The second-order valence-corrected chi connectivity index (χ2v) is 5.49. The lowest BCUT2D eigenvalue weighted by Crippen LogP contribution is -2.07. The van der Waals surface area contributed by atoms with Gasteiger partial charge >= 0.3 is 0 Å². The first-order valence-electron chi connectivity index (χ1n) is 5.36. The molecule has 0 aliphatic carbocycles. The van der Waals surface area contributed by atoms with Crippen LogP contribution in [0, 0.1) is 0 Å². The van der Waals surface area contributed by atoms with Crippen molar-refractivity contribution in [3.8, 4) is 0 Å². The van der Waals surface area contributed by atoms with Crippen molar-refractivity contribution in [1.82, 2.24) is 0 Å². The van der Waals surface area contributed by atoms with Gasteiger partial charge in [0.15, 0.2) is 0 Å². The minimum Gasteiger partial charge on any atom is -0.398 e. The Morgan fingerprint density at radius 2 is 1.89 bits per heavy atom. The van der Waals surface area contributed by atoms with Crippen LogP contribution in [0.3, 0.4) is 0 Å². The van der Waals surface area contributed by atoms with Crippen LogP contribution in [0.1, 0.15) is 6.92 Å². The highest BCUT2D eigenvalue weighted by Gasteiger charge is 2.13. The molecular weight excluding hydrogens is 268 g/mol. The van der Waals surface area contributed by atoms with E-state index < -0.39 is 10.1 Å². The van der Waals surface area contributed by atoms with Crippen LogP contribution in [0.5, 0.6) is 0 Å². The third-order valence-corrected chi connectivity index (χ3v) is 3.48. The number of nitrogens with one attached hydrogen (secondary N) is 1. The molecule has 0 saturated heterocycles. The van der Waals surface area contributed by atoms with Crippen LogP contribution >= 0.6 is 0 Å². The number of benzene rings is 2. The Labute approximate surface area is 110 Å². The van der Waals surface area contributed by atoms with E-state index >= 15 is 0 Å². The number of carbonyl (C=O) groups is 1. The largest absolute Gasteiger partial charge is 0.398 e. The normalized spacial score (nSPS) is 11.5. The maximum atomic E-state index is 11.1. The third kappa shape index (κ3) is 2.67. The van der Waals surface area contributed by atoms with Gasteiger partial charge in [-0.2, -0.15) is 8.42 Å². The van der Waals surface area contributed by atoms with Gasteiger partial charge in [-0.25, -0.2) is 0 Å². The highest BCUT2D eigenvalue weighted by molar-refractivity contribution is 7.85. The van der Waals surface area contributed by atoms with Gasteiger partial charge in [0.1, 0.15) is 0 Å². The van der Waals surface area contributed by atoms with Crippen molar-refractivity contribution in [3.05, 3.63) is 30.3 Å². The number of nitrogen functional groups attached to an aromatic ring is 1. The van der Waals surface area contributed by atoms with Gasteiger partial charge in [0, 0.05) is 29.1 Å². The van der Waals surface area contributed by atoms with E-state index in [1.165, 1.54) is 25.1 Å². The third-order valence-electron chi connectivity index (χ3n) is 2.63. The second kappa shape index (κ2) is 4.52. The van der Waals surface area contributed by atoms with Crippen molar-refractivity contribution in [2.75, 3.05) is 11.1 Å². The van der Waals surface area contributed by atoms with Crippen LogP contribution in [0.4, 0.5) is 11.4 Å². The molecule has 0 atom stereocenters. The monoisotopic (exact) mass is 280 g/mol. The standard InChI is InChI=1S/C12H12N2O4S/c1-7(15)14-12-5-4-11(13)9-3-2-8(6-10(9)12)19(16,17)18/h2-6H,13H2,1H3,(H,14,15)(H,16,17,18). The highest BCUT2D eigenvalue weighted by Crippen LogP contribution is 2.30. The number of fused-ring (bicyclic) bond motifs is 1. The number of anilines is 2. The van der Waals surface area contributed by atoms with Crippen LogP contribution in [-0.2, 0) is 14.9 Å². The minimum absolute atomic E-state index is 0.253. The number of carbonyl (C=O) groups excluding carboxylic acids is 1. The van der Waals surface area contributed by atoms with Gasteiger partial charge in [0.05, 0.1) is 4.90 Å². The molecule has 2 aromatic carbocycles. The van der Waals surface area contributed by atoms with E-state index in [2.05, 4.69) is 5.32 Å². The maximum Gasteiger partial charge on any atom is 0.294 e. The number of hydrogen-bond acceptors (Lipinski definition) is 4. The van der Waals surface area contributed by atoms with Crippen molar-refractivity contribution in [2.24, 2.45) is 0 Å². The molecule has 1 amide bonds. The Kier molecular flexibility index (Phi) is 3.17. The van der Waals surface area contributed by atoms with Crippen LogP contribution in [0.2, 0.25) is 0 Å². The quantitative estimate of drug-likeness (QED) is 0.572. The summed E-state index contributed by atoms with van der Waals surface area (Å²) in [5.41, 5.74) is 6.67. The van der Waals surface area contributed by atoms with Crippen molar-refractivity contribution in [1.29, 1.82) is 0 Å². The summed E-state index contributed by atoms with van der Waals surface area (Å²) < 4.78 is 31.3. The molecule has 6 nitrogen and oxygen atoms in total. The van der Waals surface area contributed by atoms with Crippen molar-refractivity contribution < 1.29 is 17.8 Å². The van der Waals surface area contributed by atoms with E-state index in [0.29, 0.717) is 22.1 Å². The molecule has 0 aliphatic rings. The summed E-state index contributed by atoms with van der Waals surface area (Å²) in [4.78, 5) is 10.9. The van der Waals surface area contributed by atoms with Crippen LogP contribution in [0.15, 0.2) is 35.2 Å².